The van der Waals surface area contributed by atoms with Crippen molar-refractivity contribution in [2.75, 3.05) is 13.2 Å². The van der Waals surface area contributed by atoms with Gasteiger partial charge < -0.3 is 14.2 Å². The summed E-state index contributed by atoms with van der Waals surface area (Å²) in [7, 11) is 0. The third-order valence-corrected chi connectivity index (χ3v) is 5.60. The number of ether oxygens (including phenoxy) is 3. The zero-order chi connectivity index (χ0) is 23.0. The van der Waals surface area contributed by atoms with Crippen molar-refractivity contribution in [2.24, 2.45) is 15.9 Å². The molecule has 0 saturated heterocycles. The molecule has 172 valence electrons. The van der Waals surface area contributed by atoms with E-state index in [4.69, 9.17) is 24.2 Å². The van der Waals surface area contributed by atoms with Crippen LogP contribution in [-0.2, 0) is 22.5 Å². The lowest BCUT2D eigenvalue weighted by atomic mass is 9.90. The zero-order valence-corrected chi connectivity index (χ0v) is 20.0. The molecule has 0 spiro atoms. The van der Waals surface area contributed by atoms with E-state index in [1.54, 1.807) is 0 Å². The van der Waals surface area contributed by atoms with Crippen LogP contribution in [0.25, 0.3) is 0 Å². The molecule has 0 radical (unpaired) electrons. The summed E-state index contributed by atoms with van der Waals surface area (Å²) < 4.78 is 17.7. The Balaban J connectivity index is 1.67. The van der Waals surface area contributed by atoms with Gasteiger partial charge in [-0.15, -0.1) is 0 Å². The Morgan fingerprint density at radius 1 is 0.875 bits per heavy atom. The summed E-state index contributed by atoms with van der Waals surface area (Å²) in [5.74, 6) is 2.60. The van der Waals surface area contributed by atoms with Crippen LogP contribution in [0.2, 0.25) is 0 Å². The molecule has 2 unspecified atom stereocenters. The molecule has 2 aromatic rings. The van der Waals surface area contributed by atoms with Gasteiger partial charge >= 0.3 is 0 Å². The molecule has 1 aliphatic heterocycles. The molecule has 0 saturated carbocycles. The minimum atomic E-state index is -0.533. The van der Waals surface area contributed by atoms with Crippen molar-refractivity contribution in [3.05, 3.63) is 65.7 Å². The summed E-state index contributed by atoms with van der Waals surface area (Å²) in [6, 6.07) is 18.4. The third kappa shape index (κ3) is 6.12. The van der Waals surface area contributed by atoms with Crippen LogP contribution < -0.4 is 4.74 Å². The third-order valence-electron chi connectivity index (χ3n) is 5.60. The van der Waals surface area contributed by atoms with Crippen molar-refractivity contribution in [1.29, 1.82) is 0 Å². The van der Waals surface area contributed by atoms with E-state index in [1.807, 2.05) is 44.2 Å². The van der Waals surface area contributed by atoms with Crippen LogP contribution in [0.4, 0.5) is 0 Å². The van der Waals surface area contributed by atoms with Crippen molar-refractivity contribution >= 4 is 11.8 Å². The summed E-state index contributed by atoms with van der Waals surface area (Å²) in [5, 5.41) is 0. The molecule has 5 heteroatoms. The number of nitrogens with zero attached hydrogens (tertiary/aromatic N) is 2. The van der Waals surface area contributed by atoms with E-state index < -0.39 is 5.54 Å². The van der Waals surface area contributed by atoms with Crippen molar-refractivity contribution in [3.8, 4) is 5.75 Å². The van der Waals surface area contributed by atoms with Crippen LogP contribution in [0, 0.1) is 5.92 Å². The number of rotatable bonds is 9. The maximum atomic E-state index is 5.95. The maximum Gasteiger partial charge on any atom is 0.212 e. The number of aryl methyl sites for hydroxylation is 1. The van der Waals surface area contributed by atoms with Gasteiger partial charge in [-0.1, -0.05) is 56.3 Å². The zero-order valence-electron chi connectivity index (χ0n) is 20.0. The lowest BCUT2D eigenvalue weighted by Crippen LogP contribution is -2.45. The minimum absolute atomic E-state index is 0.0920. The molecule has 0 aliphatic carbocycles. The standard InChI is InChI=1S/C27H36N2O3/c1-6-30-25-24(20(3)4)28-26(31-7-2)27(5,29-25)18-17-21-13-15-23(16-14-21)32-19-22-11-9-8-10-12-22/h8-16,20,24H,6-7,17-19H2,1-5H3. The fraction of sp³-hybridized carbons (Fsp3) is 0.481. The van der Waals surface area contributed by atoms with Gasteiger partial charge in [0.05, 0.1) is 13.2 Å². The second-order valence-electron chi connectivity index (χ2n) is 8.63. The van der Waals surface area contributed by atoms with E-state index in [0.29, 0.717) is 31.6 Å². The largest absolute Gasteiger partial charge is 0.489 e. The topological polar surface area (TPSA) is 52.4 Å². The van der Waals surface area contributed by atoms with Gasteiger partial charge in [0.25, 0.3) is 0 Å². The minimum Gasteiger partial charge on any atom is -0.489 e. The Morgan fingerprint density at radius 3 is 2.19 bits per heavy atom. The molecular weight excluding hydrogens is 400 g/mol. The normalized spacial score (nSPS) is 20.5. The van der Waals surface area contributed by atoms with Crippen LogP contribution in [0.1, 0.15) is 52.2 Å². The van der Waals surface area contributed by atoms with Gasteiger partial charge in [-0.3, -0.25) is 0 Å². The number of aliphatic imine (C=N–C) groups is 2. The molecule has 5 nitrogen and oxygen atoms in total. The first-order valence-electron chi connectivity index (χ1n) is 11.6. The predicted octanol–water partition coefficient (Wildman–Crippen LogP) is 5.87. The van der Waals surface area contributed by atoms with E-state index in [2.05, 4.69) is 45.0 Å². The van der Waals surface area contributed by atoms with E-state index in [-0.39, 0.29) is 6.04 Å². The van der Waals surface area contributed by atoms with E-state index in [0.717, 1.165) is 30.1 Å². The Hall–Kier alpha value is -2.82. The lowest BCUT2D eigenvalue weighted by Gasteiger charge is -2.34. The molecule has 3 rings (SSSR count). The molecule has 0 amide bonds. The lowest BCUT2D eigenvalue weighted by molar-refractivity contribution is 0.256. The second-order valence-corrected chi connectivity index (χ2v) is 8.63. The average Bonchev–Trinajstić information content (AvgIpc) is 2.79. The molecule has 2 atom stereocenters. The first kappa shape index (κ1) is 23.8. The van der Waals surface area contributed by atoms with Crippen molar-refractivity contribution in [1.82, 2.24) is 0 Å². The number of hydrogen-bond acceptors (Lipinski definition) is 5. The molecule has 0 aromatic heterocycles. The molecule has 2 aromatic carbocycles. The molecule has 32 heavy (non-hydrogen) atoms. The van der Waals surface area contributed by atoms with Crippen LogP contribution in [0.15, 0.2) is 64.6 Å². The summed E-state index contributed by atoms with van der Waals surface area (Å²) in [6.45, 7) is 12.1. The van der Waals surface area contributed by atoms with Crippen LogP contribution in [0.3, 0.4) is 0 Å². The first-order valence-corrected chi connectivity index (χ1v) is 11.6. The fourth-order valence-corrected chi connectivity index (χ4v) is 3.75. The average molecular weight is 437 g/mol. The molecule has 0 bridgehead atoms. The number of hydrogen-bond donors (Lipinski definition) is 0. The van der Waals surface area contributed by atoms with Gasteiger partial charge in [0, 0.05) is 0 Å². The Labute approximate surface area is 192 Å². The van der Waals surface area contributed by atoms with Crippen molar-refractivity contribution in [3.63, 3.8) is 0 Å². The maximum absolute atomic E-state index is 5.95. The second kappa shape index (κ2) is 11.2. The highest BCUT2D eigenvalue weighted by atomic mass is 16.5. The van der Waals surface area contributed by atoms with E-state index in [1.165, 1.54) is 5.56 Å². The Kier molecular flexibility index (Phi) is 8.32. The Bertz CT molecular complexity index is 906. The SMILES string of the molecule is CCOC1=NC(C)(CCc2ccc(OCc3ccccc3)cc2)C(OCC)=NC1C(C)C. The molecule has 1 aliphatic rings. The van der Waals surface area contributed by atoms with Crippen LogP contribution >= 0.6 is 0 Å². The van der Waals surface area contributed by atoms with Gasteiger partial charge in [-0.2, -0.15) is 0 Å². The fourth-order valence-electron chi connectivity index (χ4n) is 3.75. The van der Waals surface area contributed by atoms with E-state index in [9.17, 15) is 0 Å². The van der Waals surface area contributed by atoms with Crippen molar-refractivity contribution in [2.45, 2.75) is 65.6 Å². The van der Waals surface area contributed by atoms with Gasteiger partial charge in [0.1, 0.15) is 23.9 Å². The quantitative estimate of drug-likeness (QED) is 0.494. The van der Waals surface area contributed by atoms with Crippen molar-refractivity contribution < 1.29 is 14.2 Å². The van der Waals surface area contributed by atoms with Gasteiger partial charge in [0.15, 0.2) is 0 Å². The molecule has 1 heterocycles. The van der Waals surface area contributed by atoms with Gasteiger partial charge in [0.2, 0.25) is 11.8 Å². The van der Waals surface area contributed by atoms with Gasteiger partial charge in [-0.25, -0.2) is 9.98 Å². The molecule has 0 N–H and O–H groups in total. The van der Waals surface area contributed by atoms with Gasteiger partial charge in [-0.05, 0) is 62.8 Å². The highest BCUT2D eigenvalue weighted by molar-refractivity contribution is 5.96. The molecular formula is C27H36N2O3. The highest BCUT2D eigenvalue weighted by Crippen LogP contribution is 2.29. The monoisotopic (exact) mass is 436 g/mol. The molecule has 0 fully saturated rings. The summed E-state index contributed by atoms with van der Waals surface area (Å²) in [5.41, 5.74) is 1.86. The van der Waals surface area contributed by atoms with E-state index >= 15 is 0 Å². The van der Waals surface area contributed by atoms with Crippen LogP contribution in [-0.4, -0.2) is 36.6 Å². The number of benzene rings is 2. The summed E-state index contributed by atoms with van der Waals surface area (Å²) in [4.78, 5) is 9.94. The predicted molar refractivity (Wildman–Crippen MR) is 131 cm³/mol. The first-order chi connectivity index (χ1) is 15.4. The Morgan fingerprint density at radius 2 is 1.56 bits per heavy atom. The smallest absolute Gasteiger partial charge is 0.212 e. The van der Waals surface area contributed by atoms with Crippen LogP contribution in [0.5, 0.6) is 5.75 Å². The highest BCUT2D eigenvalue weighted by Gasteiger charge is 2.39. The summed E-state index contributed by atoms with van der Waals surface area (Å²) in [6.07, 6.45) is 1.65. The summed E-state index contributed by atoms with van der Waals surface area (Å²) >= 11 is 0.